The average Bonchev–Trinajstić information content (AvgIpc) is 2.91. The van der Waals surface area contributed by atoms with Crippen LogP contribution in [0.5, 0.6) is 0 Å². The van der Waals surface area contributed by atoms with Gasteiger partial charge in [-0.1, -0.05) is 42.1 Å². The third kappa shape index (κ3) is 4.53. The molecule has 2 aromatic rings. The van der Waals surface area contributed by atoms with Crippen molar-refractivity contribution < 1.29 is 19.5 Å². The smallest absolute Gasteiger partial charge is 0.242 e. The normalized spacial score (nSPS) is 18.0. The number of hydrogen-bond donors (Lipinski definition) is 1. The monoisotopic (exact) mass is 382 g/mol. The topological polar surface area (TPSA) is 102 Å². The second-order valence-corrected chi connectivity index (χ2v) is 7.02. The minimum Gasteiger partial charge on any atom is -0.545 e. The van der Waals surface area contributed by atoms with E-state index in [-0.39, 0.29) is 23.8 Å². The fourth-order valence-corrected chi connectivity index (χ4v) is 3.63. The second-order valence-electron chi connectivity index (χ2n) is 5.85. The summed E-state index contributed by atoms with van der Waals surface area (Å²) in [6.45, 7) is 0. The first-order chi connectivity index (χ1) is 12.9. The molecule has 8 heteroatoms. The van der Waals surface area contributed by atoms with Gasteiger partial charge < -0.3 is 15.2 Å². The van der Waals surface area contributed by atoms with Crippen molar-refractivity contribution in [3.63, 3.8) is 0 Å². The summed E-state index contributed by atoms with van der Waals surface area (Å²) in [5, 5.41) is 13.4. The number of amidine groups is 1. The van der Waals surface area contributed by atoms with Crippen LogP contribution in [-0.4, -0.2) is 40.1 Å². The Hall–Kier alpha value is -3.13. The highest BCUT2D eigenvalue weighted by molar-refractivity contribution is 8.15. The Labute approximate surface area is 160 Å². The maximum atomic E-state index is 12.4. The van der Waals surface area contributed by atoms with E-state index in [1.54, 1.807) is 7.05 Å². The molecular weight excluding hydrogens is 366 g/mol. The summed E-state index contributed by atoms with van der Waals surface area (Å²) < 4.78 is 0. The van der Waals surface area contributed by atoms with Crippen LogP contribution in [0.3, 0.4) is 0 Å². The first-order valence-corrected chi connectivity index (χ1v) is 9.01. The zero-order chi connectivity index (χ0) is 19.4. The minimum absolute atomic E-state index is 0.0100. The quantitative estimate of drug-likeness (QED) is 0.847. The Morgan fingerprint density at radius 1 is 1.15 bits per heavy atom. The number of para-hydroxylation sites is 1. The Bertz CT molecular complexity index is 897. The van der Waals surface area contributed by atoms with E-state index in [1.807, 2.05) is 30.3 Å². The average molecular weight is 382 g/mol. The molecule has 7 nitrogen and oxygen atoms in total. The van der Waals surface area contributed by atoms with Crippen molar-refractivity contribution in [1.82, 2.24) is 4.90 Å². The molecule has 27 heavy (non-hydrogen) atoms. The lowest BCUT2D eigenvalue weighted by molar-refractivity contribution is -0.255. The molecule has 138 valence electrons. The standard InChI is InChI=1S/C19H17N3O4S/c1-22-17(24)15(27-19(22)21-13-5-3-2-4-6-13)11-16(23)20-14-9-7-12(8-10-14)18(25)26/h2-10,15H,11H2,1H3,(H,20,23)(H,25,26)/p-1/t15-/m0/s1. The SMILES string of the molecule is CN1C(=O)[C@H](CC(=O)Nc2ccc(C(=O)[O-])cc2)SC1=Nc1ccccc1. The molecule has 1 aliphatic rings. The maximum Gasteiger partial charge on any atom is 0.242 e. The number of amides is 2. The molecule has 1 heterocycles. The van der Waals surface area contributed by atoms with Crippen LogP contribution in [0.1, 0.15) is 16.8 Å². The van der Waals surface area contributed by atoms with Crippen molar-refractivity contribution in [3.05, 3.63) is 60.2 Å². The number of thioether (sulfide) groups is 1. The van der Waals surface area contributed by atoms with Gasteiger partial charge in [-0.15, -0.1) is 0 Å². The largest absolute Gasteiger partial charge is 0.545 e. The zero-order valence-corrected chi connectivity index (χ0v) is 15.2. The first kappa shape index (κ1) is 18.7. The number of hydrogen-bond acceptors (Lipinski definition) is 6. The predicted octanol–water partition coefficient (Wildman–Crippen LogP) is 1.64. The van der Waals surface area contributed by atoms with Gasteiger partial charge in [-0.05, 0) is 29.8 Å². The number of nitrogens with one attached hydrogen (secondary N) is 1. The van der Waals surface area contributed by atoms with E-state index >= 15 is 0 Å². The van der Waals surface area contributed by atoms with Crippen LogP contribution in [0.4, 0.5) is 11.4 Å². The summed E-state index contributed by atoms with van der Waals surface area (Å²) in [6.07, 6.45) is -0.0100. The molecule has 0 aliphatic carbocycles. The molecule has 0 bridgehead atoms. The van der Waals surface area contributed by atoms with Crippen LogP contribution < -0.4 is 10.4 Å². The second kappa shape index (κ2) is 8.05. The van der Waals surface area contributed by atoms with Gasteiger partial charge in [0, 0.05) is 19.2 Å². The predicted molar refractivity (Wildman–Crippen MR) is 102 cm³/mol. The highest BCUT2D eigenvalue weighted by atomic mass is 32.2. The molecular formula is C19H16N3O4S-. The number of anilines is 1. The number of aliphatic imine (C=N–C) groups is 1. The van der Waals surface area contributed by atoms with Crippen molar-refractivity contribution in [3.8, 4) is 0 Å². The molecule has 2 aromatic carbocycles. The Kier molecular flexibility index (Phi) is 5.56. The number of carbonyl (C=O) groups excluding carboxylic acids is 3. The number of carbonyl (C=O) groups is 3. The molecule has 3 rings (SSSR count). The van der Waals surface area contributed by atoms with E-state index in [0.717, 1.165) is 5.69 Å². The van der Waals surface area contributed by atoms with Gasteiger partial charge in [0.2, 0.25) is 11.8 Å². The summed E-state index contributed by atoms with van der Waals surface area (Å²) >= 11 is 1.25. The van der Waals surface area contributed by atoms with E-state index in [4.69, 9.17) is 0 Å². The number of benzene rings is 2. The fraction of sp³-hybridized carbons (Fsp3) is 0.158. The molecule has 0 radical (unpaired) electrons. The summed E-state index contributed by atoms with van der Waals surface area (Å²) in [6, 6.07) is 14.9. The van der Waals surface area contributed by atoms with Gasteiger partial charge in [-0.3, -0.25) is 14.5 Å². The summed E-state index contributed by atoms with van der Waals surface area (Å²) in [5.41, 5.74) is 1.21. The van der Waals surface area contributed by atoms with Gasteiger partial charge in [0.1, 0.15) is 5.25 Å². The van der Waals surface area contributed by atoms with Crippen molar-refractivity contribution in [2.24, 2.45) is 4.99 Å². The highest BCUT2D eigenvalue weighted by Crippen LogP contribution is 2.30. The van der Waals surface area contributed by atoms with Crippen molar-refractivity contribution in [2.75, 3.05) is 12.4 Å². The van der Waals surface area contributed by atoms with Crippen LogP contribution in [0.2, 0.25) is 0 Å². The Balaban J connectivity index is 1.63. The molecule has 1 fully saturated rings. The summed E-state index contributed by atoms with van der Waals surface area (Å²) in [7, 11) is 1.63. The Morgan fingerprint density at radius 3 is 2.44 bits per heavy atom. The fourth-order valence-electron chi connectivity index (χ4n) is 2.48. The molecule has 1 saturated heterocycles. The van der Waals surface area contributed by atoms with E-state index in [0.29, 0.717) is 10.9 Å². The third-order valence-electron chi connectivity index (χ3n) is 3.90. The molecule has 1 aliphatic heterocycles. The third-order valence-corrected chi connectivity index (χ3v) is 5.13. The molecule has 1 N–H and O–H groups in total. The first-order valence-electron chi connectivity index (χ1n) is 8.13. The van der Waals surface area contributed by atoms with Gasteiger partial charge in [0.25, 0.3) is 0 Å². The lowest BCUT2D eigenvalue weighted by Gasteiger charge is -2.10. The zero-order valence-electron chi connectivity index (χ0n) is 14.4. The highest BCUT2D eigenvalue weighted by Gasteiger charge is 2.36. The van der Waals surface area contributed by atoms with Gasteiger partial charge in [-0.25, -0.2) is 4.99 Å². The molecule has 0 saturated carbocycles. The number of aromatic carboxylic acids is 1. The van der Waals surface area contributed by atoms with E-state index < -0.39 is 11.2 Å². The molecule has 1 atom stereocenters. The minimum atomic E-state index is -1.28. The van der Waals surface area contributed by atoms with Gasteiger partial charge in [0.15, 0.2) is 5.17 Å². The van der Waals surface area contributed by atoms with Crippen LogP contribution in [-0.2, 0) is 9.59 Å². The van der Waals surface area contributed by atoms with E-state index in [9.17, 15) is 19.5 Å². The number of carboxylic acid groups (broad SMARTS) is 1. The molecule has 0 spiro atoms. The van der Waals surface area contributed by atoms with Crippen LogP contribution in [0, 0.1) is 0 Å². The van der Waals surface area contributed by atoms with Gasteiger partial charge >= 0.3 is 0 Å². The molecule has 2 amide bonds. The lowest BCUT2D eigenvalue weighted by Crippen LogP contribution is -2.30. The van der Waals surface area contributed by atoms with Crippen molar-refractivity contribution >= 4 is 46.1 Å². The number of carboxylic acids is 1. The van der Waals surface area contributed by atoms with Crippen LogP contribution in [0.15, 0.2) is 59.6 Å². The summed E-state index contributed by atoms with van der Waals surface area (Å²) in [5.74, 6) is -1.80. The Morgan fingerprint density at radius 2 is 1.81 bits per heavy atom. The summed E-state index contributed by atoms with van der Waals surface area (Å²) in [4.78, 5) is 41.3. The number of nitrogens with zero attached hydrogens (tertiary/aromatic N) is 2. The van der Waals surface area contributed by atoms with E-state index in [1.165, 1.54) is 40.9 Å². The van der Waals surface area contributed by atoms with Crippen molar-refractivity contribution in [2.45, 2.75) is 11.7 Å². The van der Waals surface area contributed by atoms with Crippen LogP contribution >= 0.6 is 11.8 Å². The molecule has 0 unspecified atom stereocenters. The van der Waals surface area contributed by atoms with E-state index in [2.05, 4.69) is 10.3 Å². The molecule has 0 aromatic heterocycles. The van der Waals surface area contributed by atoms with Crippen LogP contribution in [0.25, 0.3) is 0 Å². The van der Waals surface area contributed by atoms with Gasteiger partial charge in [0.05, 0.1) is 11.7 Å². The van der Waals surface area contributed by atoms with Crippen molar-refractivity contribution in [1.29, 1.82) is 0 Å². The lowest BCUT2D eigenvalue weighted by atomic mass is 10.2. The van der Waals surface area contributed by atoms with Gasteiger partial charge in [-0.2, -0.15) is 0 Å². The number of rotatable bonds is 5. The maximum absolute atomic E-state index is 12.4.